The van der Waals surface area contributed by atoms with E-state index in [1.165, 1.54) is 0 Å². The molecule has 0 bridgehead atoms. The van der Waals surface area contributed by atoms with Crippen molar-refractivity contribution in [2.75, 3.05) is 6.54 Å². The van der Waals surface area contributed by atoms with Crippen LogP contribution in [0.1, 0.15) is 32.1 Å². The van der Waals surface area contributed by atoms with E-state index in [0.29, 0.717) is 12.5 Å². The van der Waals surface area contributed by atoms with Crippen molar-refractivity contribution >= 4 is 23.9 Å². The second-order valence-electron chi connectivity index (χ2n) is 4.83. The summed E-state index contributed by atoms with van der Waals surface area (Å²) in [6, 6.07) is -1.96. The number of hydrogen-bond donors (Lipinski definition) is 5. The zero-order chi connectivity index (χ0) is 15.8. The van der Waals surface area contributed by atoms with Gasteiger partial charge in [0.05, 0.1) is 6.42 Å². The summed E-state index contributed by atoms with van der Waals surface area (Å²) in [5.41, 5.74) is 0. The molecule has 0 unspecified atom stereocenters. The molecule has 0 radical (unpaired) electrons. The Morgan fingerprint density at radius 2 is 1.81 bits per heavy atom. The van der Waals surface area contributed by atoms with Crippen molar-refractivity contribution in [3.8, 4) is 0 Å². The molecule has 9 heteroatoms. The van der Waals surface area contributed by atoms with E-state index in [4.69, 9.17) is 10.2 Å². The van der Waals surface area contributed by atoms with Gasteiger partial charge >= 0.3 is 18.0 Å². The highest BCUT2D eigenvalue weighted by atomic mass is 16.4. The van der Waals surface area contributed by atoms with Crippen LogP contribution in [0, 0.1) is 0 Å². The standard InChI is InChI=1S/C12H19N3O6/c16-9(14-7-3-4-7)2-1-5-13-12(21)15-8(11(19)20)6-10(17)18/h7-8H,1-6H2,(H,14,16)(H,17,18)(H,19,20)(H2,13,15,21)/t8-/m1/s1. The summed E-state index contributed by atoms with van der Waals surface area (Å²) in [4.78, 5) is 43.9. The fraction of sp³-hybridized carbons (Fsp3) is 0.667. The van der Waals surface area contributed by atoms with E-state index in [1.807, 2.05) is 5.32 Å². The van der Waals surface area contributed by atoms with Crippen molar-refractivity contribution in [2.24, 2.45) is 0 Å². The minimum atomic E-state index is -1.49. The van der Waals surface area contributed by atoms with Crippen LogP contribution in [0.3, 0.4) is 0 Å². The van der Waals surface area contributed by atoms with Crippen molar-refractivity contribution in [3.05, 3.63) is 0 Å². The van der Waals surface area contributed by atoms with Crippen molar-refractivity contribution in [1.82, 2.24) is 16.0 Å². The summed E-state index contributed by atoms with van der Waals surface area (Å²) in [6.45, 7) is 0.198. The van der Waals surface area contributed by atoms with E-state index in [2.05, 4.69) is 10.6 Å². The maximum atomic E-state index is 11.4. The minimum Gasteiger partial charge on any atom is -0.481 e. The monoisotopic (exact) mass is 301 g/mol. The molecule has 0 spiro atoms. The van der Waals surface area contributed by atoms with Gasteiger partial charge in [-0.3, -0.25) is 9.59 Å². The third-order valence-corrected chi connectivity index (χ3v) is 2.79. The van der Waals surface area contributed by atoms with Crippen LogP contribution < -0.4 is 16.0 Å². The van der Waals surface area contributed by atoms with Crippen LogP contribution in [0.25, 0.3) is 0 Å². The number of amides is 3. The van der Waals surface area contributed by atoms with E-state index in [1.54, 1.807) is 0 Å². The zero-order valence-electron chi connectivity index (χ0n) is 11.4. The van der Waals surface area contributed by atoms with Gasteiger partial charge in [0.2, 0.25) is 5.91 Å². The molecule has 0 aliphatic heterocycles. The van der Waals surface area contributed by atoms with Gasteiger partial charge in [-0.2, -0.15) is 0 Å². The first-order valence-electron chi connectivity index (χ1n) is 6.67. The van der Waals surface area contributed by atoms with Crippen molar-refractivity contribution in [3.63, 3.8) is 0 Å². The first-order chi connectivity index (χ1) is 9.88. The molecule has 3 amide bonds. The second kappa shape index (κ2) is 8.08. The van der Waals surface area contributed by atoms with E-state index in [-0.39, 0.29) is 18.9 Å². The maximum Gasteiger partial charge on any atom is 0.326 e. The van der Waals surface area contributed by atoms with Gasteiger partial charge in [-0.1, -0.05) is 0 Å². The molecule has 1 fully saturated rings. The molecule has 1 rings (SSSR count). The second-order valence-corrected chi connectivity index (χ2v) is 4.83. The third-order valence-electron chi connectivity index (χ3n) is 2.79. The summed E-state index contributed by atoms with van der Waals surface area (Å²) in [6.07, 6.45) is 2.00. The number of hydrogen-bond acceptors (Lipinski definition) is 4. The largest absolute Gasteiger partial charge is 0.481 e. The molecule has 0 aromatic rings. The van der Waals surface area contributed by atoms with E-state index in [0.717, 1.165) is 12.8 Å². The Kier molecular flexibility index (Phi) is 6.44. The number of carbonyl (C=O) groups excluding carboxylic acids is 2. The SMILES string of the molecule is O=C(O)C[C@@H](NC(=O)NCCCC(=O)NC1CC1)C(=O)O. The molecule has 118 valence electrons. The van der Waals surface area contributed by atoms with Gasteiger partial charge < -0.3 is 26.2 Å². The van der Waals surface area contributed by atoms with Crippen LogP contribution in [0.2, 0.25) is 0 Å². The van der Waals surface area contributed by atoms with Crippen LogP contribution in [-0.4, -0.2) is 52.7 Å². The van der Waals surface area contributed by atoms with Gasteiger partial charge in [-0.05, 0) is 19.3 Å². The average molecular weight is 301 g/mol. The van der Waals surface area contributed by atoms with Gasteiger partial charge in [0.15, 0.2) is 0 Å². The van der Waals surface area contributed by atoms with Crippen LogP contribution in [0.5, 0.6) is 0 Å². The fourth-order valence-corrected chi connectivity index (χ4v) is 1.56. The third kappa shape index (κ3) is 7.75. The lowest BCUT2D eigenvalue weighted by atomic mass is 10.2. The Hall–Kier alpha value is -2.32. The molecule has 1 aliphatic carbocycles. The van der Waals surface area contributed by atoms with Crippen molar-refractivity contribution < 1.29 is 29.4 Å². The molecule has 9 nitrogen and oxygen atoms in total. The lowest BCUT2D eigenvalue weighted by Crippen LogP contribution is -2.47. The topological polar surface area (TPSA) is 145 Å². The molecule has 5 N–H and O–H groups in total. The van der Waals surface area contributed by atoms with E-state index >= 15 is 0 Å². The van der Waals surface area contributed by atoms with E-state index in [9.17, 15) is 19.2 Å². The Balaban J connectivity index is 2.15. The highest BCUT2D eigenvalue weighted by molar-refractivity contribution is 5.86. The molecule has 0 aromatic carbocycles. The van der Waals surface area contributed by atoms with Gasteiger partial charge in [-0.25, -0.2) is 9.59 Å². The summed E-state index contributed by atoms with van der Waals surface area (Å²) in [5, 5.41) is 24.5. The Morgan fingerprint density at radius 3 is 2.33 bits per heavy atom. The lowest BCUT2D eigenvalue weighted by Gasteiger charge is -2.13. The molecule has 0 heterocycles. The lowest BCUT2D eigenvalue weighted by molar-refractivity contribution is -0.145. The summed E-state index contributed by atoms with van der Waals surface area (Å²) in [5.74, 6) is -2.81. The Bertz CT molecular complexity index is 421. The zero-order valence-corrected chi connectivity index (χ0v) is 11.4. The minimum absolute atomic E-state index is 0.0750. The number of aliphatic carboxylic acids is 2. The molecular formula is C12H19N3O6. The number of carboxylic acid groups (broad SMARTS) is 2. The van der Waals surface area contributed by atoms with Crippen LogP contribution in [0.4, 0.5) is 4.79 Å². The Morgan fingerprint density at radius 1 is 1.14 bits per heavy atom. The maximum absolute atomic E-state index is 11.4. The molecule has 1 saturated carbocycles. The van der Waals surface area contributed by atoms with Crippen molar-refractivity contribution in [2.45, 2.75) is 44.2 Å². The number of urea groups is 1. The average Bonchev–Trinajstić information content (AvgIpc) is 3.17. The molecular weight excluding hydrogens is 282 g/mol. The molecule has 1 atom stereocenters. The number of carbonyl (C=O) groups is 4. The van der Waals surface area contributed by atoms with Gasteiger partial charge in [0.1, 0.15) is 6.04 Å². The van der Waals surface area contributed by atoms with Crippen LogP contribution in [0.15, 0.2) is 0 Å². The molecule has 21 heavy (non-hydrogen) atoms. The van der Waals surface area contributed by atoms with Gasteiger partial charge in [0, 0.05) is 19.0 Å². The normalized spacial score (nSPS) is 14.9. The predicted molar refractivity (Wildman–Crippen MR) is 70.6 cm³/mol. The fourth-order valence-electron chi connectivity index (χ4n) is 1.56. The summed E-state index contributed by atoms with van der Waals surface area (Å²) in [7, 11) is 0. The number of nitrogens with one attached hydrogen (secondary N) is 3. The van der Waals surface area contributed by atoms with E-state index < -0.39 is 30.4 Å². The first kappa shape index (κ1) is 16.7. The van der Waals surface area contributed by atoms with Crippen LogP contribution >= 0.6 is 0 Å². The summed E-state index contributed by atoms with van der Waals surface area (Å²) < 4.78 is 0. The molecule has 0 aromatic heterocycles. The smallest absolute Gasteiger partial charge is 0.326 e. The van der Waals surface area contributed by atoms with Crippen molar-refractivity contribution in [1.29, 1.82) is 0 Å². The number of rotatable bonds is 9. The highest BCUT2D eigenvalue weighted by Gasteiger charge is 2.23. The van der Waals surface area contributed by atoms with Gasteiger partial charge in [0.25, 0.3) is 0 Å². The number of carboxylic acids is 2. The summed E-state index contributed by atoms with van der Waals surface area (Å²) >= 11 is 0. The van der Waals surface area contributed by atoms with Gasteiger partial charge in [-0.15, -0.1) is 0 Å². The Labute approximate surface area is 121 Å². The molecule has 1 aliphatic rings. The highest BCUT2D eigenvalue weighted by Crippen LogP contribution is 2.18. The first-order valence-corrected chi connectivity index (χ1v) is 6.67. The predicted octanol–water partition coefficient (Wildman–Crippen LogP) is -0.728. The quantitative estimate of drug-likeness (QED) is 0.355. The molecule has 0 saturated heterocycles. The van der Waals surface area contributed by atoms with Crippen LogP contribution in [-0.2, 0) is 14.4 Å².